The van der Waals surface area contributed by atoms with E-state index < -0.39 is 0 Å². The lowest BCUT2D eigenvalue weighted by Gasteiger charge is -2.10. The molecule has 0 aliphatic heterocycles. The van der Waals surface area contributed by atoms with Gasteiger partial charge in [-0.25, -0.2) is 0 Å². The molecular weight excluding hydrogens is 309 g/mol. The van der Waals surface area contributed by atoms with Crippen molar-refractivity contribution < 1.29 is 4.52 Å². The lowest BCUT2D eigenvalue weighted by atomic mass is 10.2. The molecule has 0 bridgehead atoms. The minimum absolute atomic E-state index is 0.431. The molecule has 114 valence electrons. The normalized spacial score (nSPS) is 12.6. The van der Waals surface area contributed by atoms with Crippen LogP contribution in [0.1, 0.15) is 32.6 Å². The molecule has 0 saturated carbocycles. The van der Waals surface area contributed by atoms with Crippen LogP contribution in [0, 0.1) is 0 Å². The molecule has 0 aliphatic carbocycles. The highest BCUT2D eigenvalue weighted by Crippen LogP contribution is 2.25. The molecule has 6 heteroatoms. The third-order valence-corrected chi connectivity index (χ3v) is 3.56. The van der Waals surface area contributed by atoms with E-state index in [2.05, 4.69) is 29.3 Å². The van der Waals surface area contributed by atoms with Crippen molar-refractivity contribution in [3.05, 3.63) is 34.1 Å². The van der Waals surface area contributed by atoms with E-state index in [-0.39, 0.29) is 0 Å². The van der Waals surface area contributed by atoms with Crippen LogP contribution >= 0.6 is 23.2 Å². The fourth-order valence-corrected chi connectivity index (χ4v) is 2.52. The van der Waals surface area contributed by atoms with Crippen molar-refractivity contribution in [2.75, 3.05) is 6.54 Å². The molecule has 1 aromatic carbocycles. The van der Waals surface area contributed by atoms with Gasteiger partial charge >= 0.3 is 0 Å². The lowest BCUT2D eigenvalue weighted by molar-refractivity contribution is 0.367. The van der Waals surface area contributed by atoms with Crippen LogP contribution < -0.4 is 5.32 Å². The summed E-state index contributed by atoms with van der Waals surface area (Å²) in [7, 11) is 0. The molecule has 0 spiro atoms. The van der Waals surface area contributed by atoms with Crippen LogP contribution in [0.25, 0.3) is 11.4 Å². The molecule has 0 fully saturated rings. The SMILES string of the molecule is CCCNC(C)CCc1nc(-c2cc(Cl)cc(Cl)c2)no1. The van der Waals surface area contributed by atoms with Gasteiger partial charge in [0, 0.05) is 28.1 Å². The molecule has 1 unspecified atom stereocenters. The Hall–Kier alpha value is -1.10. The van der Waals surface area contributed by atoms with Crippen LogP contribution in [-0.4, -0.2) is 22.7 Å². The highest BCUT2D eigenvalue weighted by Gasteiger charge is 2.11. The van der Waals surface area contributed by atoms with Gasteiger partial charge in [-0.05, 0) is 44.5 Å². The average molecular weight is 328 g/mol. The Morgan fingerprint density at radius 1 is 1.24 bits per heavy atom. The maximum Gasteiger partial charge on any atom is 0.227 e. The maximum absolute atomic E-state index is 5.98. The summed E-state index contributed by atoms with van der Waals surface area (Å²) in [6.07, 6.45) is 2.84. The number of benzene rings is 1. The fraction of sp³-hybridized carbons (Fsp3) is 0.467. The van der Waals surface area contributed by atoms with E-state index in [4.69, 9.17) is 27.7 Å². The van der Waals surface area contributed by atoms with Crippen molar-refractivity contribution >= 4 is 23.2 Å². The van der Waals surface area contributed by atoms with E-state index in [1.54, 1.807) is 18.2 Å². The van der Waals surface area contributed by atoms with E-state index >= 15 is 0 Å². The van der Waals surface area contributed by atoms with Crippen molar-refractivity contribution in [1.82, 2.24) is 15.5 Å². The first-order valence-corrected chi connectivity index (χ1v) is 7.86. The second-order valence-electron chi connectivity index (χ2n) is 5.06. The smallest absolute Gasteiger partial charge is 0.227 e. The van der Waals surface area contributed by atoms with Crippen molar-refractivity contribution in [2.24, 2.45) is 0 Å². The van der Waals surface area contributed by atoms with Crippen LogP contribution in [0.5, 0.6) is 0 Å². The third kappa shape index (κ3) is 4.99. The summed E-state index contributed by atoms with van der Waals surface area (Å²) in [4.78, 5) is 4.39. The molecule has 1 N–H and O–H groups in total. The van der Waals surface area contributed by atoms with Gasteiger partial charge < -0.3 is 9.84 Å². The van der Waals surface area contributed by atoms with Gasteiger partial charge in [-0.15, -0.1) is 0 Å². The van der Waals surface area contributed by atoms with Crippen LogP contribution in [0.15, 0.2) is 22.7 Å². The van der Waals surface area contributed by atoms with Crippen molar-refractivity contribution in [3.8, 4) is 11.4 Å². The van der Waals surface area contributed by atoms with E-state index in [9.17, 15) is 0 Å². The number of rotatable bonds is 7. The molecule has 21 heavy (non-hydrogen) atoms. The summed E-state index contributed by atoms with van der Waals surface area (Å²) in [6, 6.07) is 5.65. The van der Waals surface area contributed by atoms with Gasteiger partial charge in [0.1, 0.15) is 0 Å². The Balaban J connectivity index is 1.98. The highest BCUT2D eigenvalue weighted by atomic mass is 35.5. The number of nitrogens with zero attached hydrogens (tertiary/aromatic N) is 2. The second kappa shape index (κ2) is 7.78. The largest absolute Gasteiger partial charge is 0.339 e. The molecule has 0 aliphatic rings. The number of aromatic nitrogens is 2. The van der Waals surface area contributed by atoms with E-state index in [1.165, 1.54) is 0 Å². The van der Waals surface area contributed by atoms with Crippen LogP contribution in [0.2, 0.25) is 10.0 Å². The van der Waals surface area contributed by atoms with Crippen LogP contribution in [-0.2, 0) is 6.42 Å². The number of hydrogen-bond donors (Lipinski definition) is 1. The topological polar surface area (TPSA) is 51.0 Å². The summed E-state index contributed by atoms with van der Waals surface area (Å²) in [5.74, 6) is 1.15. The summed E-state index contributed by atoms with van der Waals surface area (Å²) < 4.78 is 5.28. The number of halogens is 2. The third-order valence-electron chi connectivity index (χ3n) is 3.12. The quantitative estimate of drug-likeness (QED) is 0.820. The number of aryl methyl sites for hydroxylation is 1. The van der Waals surface area contributed by atoms with Crippen molar-refractivity contribution in [1.29, 1.82) is 0 Å². The second-order valence-corrected chi connectivity index (χ2v) is 5.94. The first kappa shape index (κ1) is 16.3. The number of hydrogen-bond acceptors (Lipinski definition) is 4. The van der Waals surface area contributed by atoms with Gasteiger partial charge in [0.25, 0.3) is 0 Å². The number of nitrogens with one attached hydrogen (secondary N) is 1. The Labute approximate surface area is 134 Å². The standard InChI is InChI=1S/C15H19Cl2N3O/c1-3-6-18-10(2)4-5-14-19-15(20-21-14)11-7-12(16)9-13(17)8-11/h7-10,18H,3-6H2,1-2H3. The zero-order valence-corrected chi connectivity index (χ0v) is 13.7. The Morgan fingerprint density at radius 2 is 1.95 bits per heavy atom. The molecule has 0 saturated heterocycles. The Bertz CT molecular complexity index is 566. The molecule has 4 nitrogen and oxygen atoms in total. The van der Waals surface area contributed by atoms with Gasteiger partial charge in [-0.3, -0.25) is 0 Å². The maximum atomic E-state index is 5.98. The van der Waals surface area contributed by atoms with Crippen LogP contribution in [0.4, 0.5) is 0 Å². The Kier molecular flexibility index (Phi) is 6.03. The minimum Gasteiger partial charge on any atom is -0.339 e. The average Bonchev–Trinajstić information content (AvgIpc) is 2.90. The summed E-state index contributed by atoms with van der Waals surface area (Å²) in [5, 5.41) is 8.53. The minimum atomic E-state index is 0.431. The summed E-state index contributed by atoms with van der Waals surface area (Å²) in [6.45, 7) is 5.33. The summed E-state index contributed by atoms with van der Waals surface area (Å²) >= 11 is 12.0. The molecule has 1 aromatic heterocycles. The summed E-state index contributed by atoms with van der Waals surface area (Å²) in [5.41, 5.74) is 0.764. The highest BCUT2D eigenvalue weighted by molar-refractivity contribution is 6.35. The van der Waals surface area contributed by atoms with Gasteiger partial charge in [0.15, 0.2) is 0 Å². The van der Waals surface area contributed by atoms with E-state index in [1.807, 2.05) is 0 Å². The molecule has 1 heterocycles. The van der Waals surface area contributed by atoms with Gasteiger partial charge in [-0.1, -0.05) is 35.3 Å². The monoisotopic (exact) mass is 327 g/mol. The predicted molar refractivity (Wildman–Crippen MR) is 85.8 cm³/mol. The Morgan fingerprint density at radius 3 is 2.62 bits per heavy atom. The molecule has 2 rings (SSSR count). The van der Waals surface area contributed by atoms with Crippen molar-refractivity contribution in [2.45, 2.75) is 39.2 Å². The van der Waals surface area contributed by atoms with Gasteiger partial charge in [0.2, 0.25) is 11.7 Å². The molecular formula is C15H19Cl2N3O. The molecule has 0 amide bonds. The van der Waals surface area contributed by atoms with Crippen molar-refractivity contribution in [3.63, 3.8) is 0 Å². The zero-order chi connectivity index (χ0) is 15.2. The predicted octanol–water partition coefficient (Wildman–Crippen LogP) is 4.36. The lowest BCUT2D eigenvalue weighted by Crippen LogP contribution is -2.27. The fourth-order valence-electron chi connectivity index (χ4n) is 1.99. The first-order valence-electron chi connectivity index (χ1n) is 7.11. The van der Waals surface area contributed by atoms with Gasteiger partial charge in [0.05, 0.1) is 0 Å². The van der Waals surface area contributed by atoms with E-state index in [0.29, 0.717) is 27.8 Å². The zero-order valence-electron chi connectivity index (χ0n) is 12.2. The van der Waals surface area contributed by atoms with Gasteiger partial charge in [-0.2, -0.15) is 4.98 Å². The molecule has 0 radical (unpaired) electrons. The molecule has 2 aromatic rings. The molecule has 1 atom stereocenters. The van der Waals surface area contributed by atoms with E-state index in [0.717, 1.165) is 31.4 Å². The first-order chi connectivity index (χ1) is 10.1. The van der Waals surface area contributed by atoms with Crippen LogP contribution in [0.3, 0.4) is 0 Å².